The number of rotatable bonds is 6. The van der Waals surface area contributed by atoms with Crippen molar-refractivity contribution >= 4 is 28.9 Å². The van der Waals surface area contributed by atoms with Crippen LogP contribution in [0.4, 0.5) is 11.4 Å². The lowest BCUT2D eigenvalue weighted by Gasteiger charge is -2.10. The first-order valence-corrected chi connectivity index (χ1v) is 8.27. The van der Waals surface area contributed by atoms with Crippen molar-refractivity contribution < 1.29 is 9.53 Å². The van der Waals surface area contributed by atoms with Gasteiger partial charge >= 0.3 is 0 Å². The van der Waals surface area contributed by atoms with Gasteiger partial charge in [0, 0.05) is 24.3 Å². The Hall–Kier alpha value is -3.12. The Bertz CT molecular complexity index is 903. The van der Waals surface area contributed by atoms with Gasteiger partial charge in [0.2, 0.25) is 0 Å². The number of nitrogens with one attached hydrogen (secondary N) is 2. The molecule has 0 aliphatic heterocycles. The van der Waals surface area contributed by atoms with Gasteiger partial charge in [0.15, 0.2) is 0 Å². The van der Waals surface area contributed by atoms with E-state index in [9.17, 15) is 4.79 Å². The van der Waals surface area contributed by atoms with Gasteiger partial charge < -0.3 is 15.4 Å². The van der Waals surface area contributed by atoms with E-state index in [2.05, 4.69) is 20.6 Å². The third-order valence-corrected chi connectivity index (χ3v) is 3.91. The molecule has 0 atom stereocenters. The van der Waals surface area contributed by atoms with Crippen molar-refractivity contribution in [2.24, 2.45) is 0 Å². The molecule has 0 saturated carbocycles. The van der Waals surface area contributed by atoms with Crippen molar-refractivity contribution in [1.29, 1.82) is 0 Å². The molecule has 0 radical (unpaired) electrons. The third-order valence-electron chi connectivity index (χ3n) is 3.61. The number of halogens is 1. The lowest BCUT2D eigenvalue weighted by atomic mass is 10.2. The molecule has 2 heterocycles. The normalized spacial score (nSPS) is 10.2. The molecule has 1 aromatic carbocycles. The van der Waals surface area contributed by atoms with Crippen LogP contribution in [-0.2, 0) is 6.54 Å². The van der Waals surface area contributed by atoms with Gasteiger partial charge in [0.1, 0.15) is 5.75 Å². The smallest absolute Gasteiger partial charge is 0.257 e. The molecule has 0 spiro atoms. The minimum atomic E-state index is -0.278. The molecule has 6 nitrogen and oxygen atoms in total. The first-order valence-electron chi connectivity index (χ1n) is 7.89. The van der Waals surface area contributed by atoms with Crippen molar-refractivity contribution in [3.05, 3.63) is 77.3 Å². The van der Waals surface area contributed by atoms with Crippen molar-refractivity contribution in [2.75, 3.05) is 17.7 Å². The summed E-state index contributed by atoms with van der Waals surface area (Å²) in [5.74, 6) is 0.271. The van der Waals surface area contributed by atoms with Gasteiger partial charge in [-0.1, -0.05) is 17.7 Å². The number of carbonyl (C=O) groups excluding carboxylic acids is 1. The number of ether oxygens (including phenoxy) is 1. The average Bonchev–Trinajstić information content (AvgIpc) is 2.67. The maximum atomic E-state index is 12.4. The highest BCUT2D eigenvalue weighted by Crippen LogP contribution is 2.27. The van der Waals surface area contributed by atoms with Gasteiger partial charge in [-0.05, 0) is 36.4 Å². The zero-order valence-electron chi connectivity index (χ0n) is 14.1. The Kier molecular flexibility index (Phi) is 5.66. The third kappa shape index (κ3) is 4.49. The van der Waals surface area contributed by atoms with E-state index >= 15 is 0 Å². The van der Waals surface area contributed by atoms with Gasteiger partial charge in [-0.15, -0.1) is 0 Å². The molecule has 0 fully saturated rings. The standard InChI is InChI=1S/C19H17ClN4O2/c1-26-18-6-5-14(9-17(18)20)24-19(25)13-8-16(11-21-10-13)23-12-15-4-2-3-7-22-15/h2-11,23H,12H2,1H3,(H,24,25). The summed E-state index contributed by atoms with van der Waals surface area (Å²) in [5.41, 5.74) is 2.64. The summed E-state index contributed by atoms with van der Waals surface area (Å²) < 4.78 is 5.10. The molecule has 0 bridgehead atoms. The first-order chi connectivity index (χ1) is 12.7. The Balaban J connectivity index is 1.67. The van der Waals surface area contributed by atoms with E-state index in [-0.39, 0.29) is 5.91 Å². The molecule has 0 saturated heterocycles. The number of hydrogen-bond acceptors (Lipinski definition) is 5. The van der Waals surface area contributed by atoms with E-state index < -0.39 is 0 Å². The number of methoxy groups -OCH3 is 1. The Morgan fingerprint density at radius 1 is 1.15 bits per heavy atom. The topological polar surface area (TPSA) is 76.1 Å². The van der Waals surface area contributed by atoms with Gasteiger partial charge in [0.25, 0.3) is 5.91 Å². The fourth-order valence-corrected chi connectivity index (χ4v) is 2.56. The average molecular weight is 369 g/mol. The van der Waals surface area contributed by atoms with Crippen LogP contribution in [0.25, 0.3) is 0 Å². The summed E-state index contributed by atoms with van der Waals surface area (Å²) in [7, 11) is 1.54. The second-order valence-electron chi connectivity index (χ2n) is 5.44. The minimum Gasteiger partial charge on any atom is -0.495 e. The van der Waals surface area contributed by atoms with Crippen molar-refractivity contribution in [2.45, 2.75) is 6.54 Å². The number of aromatic nitrogens is 2. The van der Waals surface area contributed by atoms with E-state index in [0.29, 0.717) is 28.6 Å². The summed E-state index contributed by atoms with van der Waals surface area (Å²) in [5, 5.41) is 6.42. The van der Waals surface area contributed by atoms with E-state index in [4.69, 9.17) is 16.3 Å². The second kappa shape index (κ2) is 8.31. The fourth-order valence-electron chi connectivity index (χ4n) is 2.30. The minimum absolute atomic E-state index is 0.278. The van der Waals surface area contributed by atoms with Crippen molar-refractivity contribution in [3.63, 3.8) is 0 Å². The van der Waals surface area contributed by atoms with Gasteiger partial charge in [-0.3, -0.25) is 14.8 Å². The molecule has 2 N–H and O–H groups in total. The molecule has 132 valence electrons. The highest BCUT2D eigenvalue weighted by molar-refractivity contribution is 6.32. The summed E-state index contributed by atoms with van der Waals surface area (Å²) >= 11 is 6.08. The lowest BCUT2D eigenvalue weighted by Crippen LogP contribution is -2.13. The van der Waals surface area contributed by atoms with Crippen molar-refractivity contribution in [3.8, 4) is 5.75 Å². The number of anilines is 2. The Labute approximate surface area is 156 Å². The zero-order valence-corrected chi connectivity index (χ0v) is 14.8. The van der Waals surface area contributed by atoms with Gasteiger partial charge in [-0.2, -0.15) is 0 Å². The fraction of sp³-hybridized carbons (Fsp3) is 0.105. The predicted molar refractivity (Wildman–Crippen MR) is 102 cm³/mol. The van der Waals surface area contributed by atoms with Crippen LogP contribution in [0.2, 0.25) is 5.02 Å². The monoisotopic (exact) mass is 368 g/mol. The van der Waals surface area contributed by atoms with Crippen LogP contribution in [0.5, 0.6) is 5.75 Å². The van der Waals surface area contributed by atoms with Crippen LogP contribution in [0, 0.1) is 0 Å². The van der Waals surface area contributed by atoms with E-state index in [1.807, 2.05) is 18.2 Å². The number of pyridine rings is 2. The van der Waals surface area contributed by atoms with Crippen LogP contribution >= 0.6 is 11.6 Å². The van der Waals surface area contributed by atoms with Crippen LogP contribution < -0.4 is 15.4 Å². The summed E-state index contributed by atoms with van der Waals surface area (Å²) in [4.78, 5) is 20.8. The SMILES string of the molecule is COc1ccc(NC(=O)c2cncc(NCc3ccccn3)c2)cc1Cl. The van der Waals surface area contributed by atoms with E-state index in [1.165, 1.54) is 13.3 Å². The van der Waals surface area contributed by atoms with Gasteiger partial charge in [-0.25, -0.2) is 0 Å². The predicted octanol–water partition coefficient (Wildman–Crippen LogP) is 4.00. The van der Waals surface area contributed by atoms with E-state index in [1.54, 1.807) is 36.7 Å². The number of amides is 1. The van der Waals surface area contributed by atoms with E-state index in [0.717, 1.165) is 11.4 Å². The molecule has 0 aliphatic rings. The molecule has 3 aromatic rings. The molecule has 26 heavy (non-hydrogen) atoms. The van der Waals surface area contributed by atoms with Crippen LogP contribution in [0.1, 0.15) is 16.1 Å². The van der Waals surface area contributed by atoms with Gasteiger partial charge in [0.05, 0.1) is 35.6 Å². The summed E-state index contributed by atoms with van der Waals surface area (Å²) in [6.07, 6.45) is 4.90. The molecular formula is C19H17ClN4O2. The summed E-state index contributed by atoms with van der Waals surface area (Å²) in [6.45, 7) is 0.543. The molecule has 7 heteroatoms. The maximum Gasteiger partial charge on any atom is 0.257 e. The second-order valence-corrected chi connectivity index (χ2v) is 5.85. The zero-order chi connectivity index (χ0) is 18.4. The molecule has 3 rings (SSSR count). The number of nitrogens with zero attached hydrogens (tertiary/aromatic N) is 2. The highest BCUT2D eigenvalue weighted by Gasteiger charge is 2.09. The number of carbonyl (C=O) groups is 1. The highest BCUT2D eigenvalue weighted by atomic mass is 35.5. The number of hydrogen-bond donors (Lipinski definition) is 2. The van der Waals surface area contributed by atoms with Crippen molar-refractivity contribution in [1.82, 2.24) is 9.97 Å². The van der Waals surface area contributed by atoms with Crippen LogP contribution in [0.15, 0.2) is 61.1 Å². The maximum absolute atomic E-state index is 12.4. The quantitative estimate of drug-likeness (QED) is 0.687. The molecule has 0 aliphatic carbocycles. The Morgan fingerprint density at radius 3 is 2.77 bits per heavy atom. The largest absolute Gasteiger partial charge is 0.495 e. The molecule has 2 aromatic heterocycles. The summed E-state index contributed by atoms with van der Waals surface area (Å²) in [6, 6.07) is 12.5. The lowest BCUT2D eigenvalue weighted by molar-refractivity contribution is 0.102. The Morgan fingerprint density at radius 2 is 2.04 bits per heavy atom. The first kappa shape index (κ1) is 17.7. The number of benzene rings is 1. The molecule has 0 unspecified atom stereocenters. The molecular weight excluding hydrogens is 352 g/mol. The molecule has 1 amide bonds. The van der Waals surface area contributed by atoms with Crippen LogP contribution in [0.3, 0.4) is 0 Å². The van der Waals surface area contributed by atoms with Crippen LogP contribution in [-0.4, -0.2) is 23.0 Å².